The number of aliphatic hydroxyl groups is 1. The molecule has 1 heterocycles. The van der Waals surface area contributed by atoms with E-state index < -0.39 is 5.60 Å². The third-order valence-corrected chi connectivity index (χ3v) is 2.16. The Morgan fingerprint density at radius 1 is 1.58 bits per heavy atom. The van der Waals surface area contributed by atoms with Crippen LogP contribution in [0.25, 0.3) is 0 Å². The van der Waals surface area contributed by atoms with Crippen molar-refractivity contribution in [2.24, 2.45) is 0 Å². The lowest BCUT2D eigenvalue weighted by molar-refractivity contribution is 0.111. The zero-order chi connectivity index (χ0) is 8.60. The van der Waals surface area contributed by atoms with Gasteiger partial charge in [0, 0.05) is 6.20 Å². The number of aromatic nitrogens is 1. The quantitative estimate of drug-likeness (QED) is 0.658. The van der Waals surface area contributed by atoms with Crippen LogP contribution in [-0.4, -0.2) is 16.4 Å². The van der Waals surface area contributed by atoms with Crippen molar-refractivity contribution in [1.29, 1.82) is 0 Å². The van der Waals surface area contributed by atoms with Gasteiger partial charge >= 0.3 is 0 Å². The molecule has 1 aliphatic rings. The Balaban J connectivity index is 2.38. The molecular formula is C9H9NO2. The molecule has 0 amide bonds. The third-order valence-electron chi connectivity index (χ3n) is 2.16. The van der Waals surface area contributed by atoms with E-state index >= 15 is 0 Å². The van der Waals surface area contributed by atoms with E-state index in [1.807, 2.05) is 0 Å². The minimum Gasteiger partial charge on any atom is -0.385 e. The van der Waals surface area contributed by atoms with Crippen LogP contribution >= 0.6 is 0 Å². The number of aldehydes is 1. The average Bonchev–Trinajstić information content (AvgIpc) is 2.85. The SMILES string of the molecule is O=Cc1cc(C2(O)CC2)ccn1. The molecule has 1 N–H and O–H groups in total. The zero-order valence-electron chi connectivity index (χ0n) is 6.53. The Kier molecular flexibility index (Phi) is 1.48. The van der Waals surface area contributed by atoms with Crippen LogP contribution in [0.1, 0.15) is 28.9 Å². The number of carbonyl (C=O) groups is 1. The van der Waals surface area contributed by atoms with Crippen molar-refractivity contribution in [3.05, 3.63) is 29.6 Å². The standard InChI is InChI=1S/C9H9NO2/c11-6-8-5-7(1-4-10-8)9(12)2-3-9/h1,4-6,12H,2-3H2. The molecule has 0 radical (unpaired) electrons. The van der Waals surface area contributed by atoms with Gasteiger partial charge in [-0.1, -0.05) is 0 Å². The van der Waals surface area contributed by atoms with Crippen LogP contribution < -0.4 is 0 Å². The van der Waals surface area contributed by atoms with Gasteiger partial charge in [-0.2, -0.15) is 0 Å². The van der Waals surface area contributed by atoms with Crippen molar-refractivity contribution in [2.45, 2.75) is 18.4 Å². The average molecular weight is 163 g/mol. The van der Waals surface area contributed by atoms with Crippen LogP contribution in [0.5, 0.6) is 0 Å². The van der Waals surface area contributed by atoms with E-state index in [1.165, 1.54) is 0 Å². The first-order valence-corrected chi connectivity index (χ1v) is 3.89. The molecule has 1 aliphatic carbocycles. The number of nitrogens with zero attached hydrogens (tertiary/aromatic N) is 1. The number of hydrogen-bond donors (Lipinski definition) is 1. The molecule has 0 bridgehead atoms. The summed E-state index contributed by atoms with van der Waals surface area (Å²) in [6.45, 7) is 0. The fraction of sp³-hybridized carbons (Fsp3) is 0.333. The molecule has 1 aromatic rings. The minimum atomic E-state index is -0.666. The van der Waals surface area contributed by atoms with Crippen LogP contribution in [0, 0.1) is 0 Å². The lowest BCUT2D eigenvalue weighted by Gasteiger charge is -2.06. The van der Waals surface area contributed by atoms with Gasteiger partial charge < -0.3 is 5.11 Å². The van der Waals surface area contributed by atoms with Gasteiger partial charge in [-0.3, -0.25) is 9.78 Å². The summed E-state index contributed by atoms with van der Waals surface area (Å²) in [4.78, 5) is 14.2. The fourth-order valence-electron chi connectivity index (χ4n) is 1.21. The van der Waals surface area contributed by atoms with Crippen LogP contribution in [0.3, 0.4) is 0 Å². The highest BCUT2D eigenvalue weighted by molar-refractivity contribution is 5.72. The van der Waals surface area contributed by atoms with Gasteiger partial charge in [0.2, 0.25) is 0 Å². The Morgan fingerprint density at radius 2 is 2.33 bits per heavy atom. The topological polar surface area (TPSA) is 50.2 Å². The monoisotopic (exact) mass is 163 g/mol. The summed E-state index contributed by atoms with van der Waals surface area (Å²) in [6, 6.07) is 3.39. The predicted octanol–water partition coefficient (Wildman–Crippen LogP) is 0.876. The third kappa shape index (κ3) is 1.12. The second kappa shape index (κ2) is 2.38. The van der Waals surface area contributed by atoms with Crippen molar-refractivity contribution in [3.63, 3.8) is 0 Å². The number of rotatable bonds is 2. The van der Waals surface area contributed by atoms with E-state index in [0.717, 1.165) is 18.4 Å². The largest absolute Gasteiger partial charge is 0.385 e. The summed E-state index contributed by atoms with van der Waals surface area (Å²) >= 11 is 0. The molecular weight excluding hydrogens is 154 g/mol. The highest BCUT2D eigenvalue weighted by Gasteiger charge is 2.42. The molecule has 0 saturated heterocycles. The number of pyridine rings is 1. The molecule has 1 saturated carbocycles. The molecule has 12 heavy (non-hydrogen) atoms. The van der Waals surface area contributed by atoms with Crippen LogP contribution in [0.4, 0.5) is 0 Å². The van der Waals surface area contributed by atoms with E-state index in [2.05, 4.69) is 4.98 Å². The zero-order valence-corrected chi connectivity index (χ0v) is 6.53. The molecule has 0 atom stereocenters. The molecule has 0 aliphatic heterocycles. The molecule has 0 spiro atoms. The van der Waals surface area contributed by atoms with Gasteiger partial charge in [-0.15, -0.1) is 0 Å². The minimum absolute atomic E-state index is 0.382. The number of carbonyl (C=O) groups excluding carboxylic acids is 1. The Morgan fingerprint density at radius 3 is 2.92 bits per heavy atom. The van der Waals surface area contributed by atoms with Gasteiger partial charge in [0.15, 0.2) is 6.29 Å². The second-order valence-corrected chi connectivity index (χ2v) is 3.12. The molecule has 0 aromatic carbocycles. The van der Waals surface area contributed by atoms with Gasteiger partial charge in [0.05, 0.1) is 5.60 Å². The maximum atomic E-state index is 10.4. The summed E-state index contributed by atoms with van der Waals surface area (Å²) in [6.07, 6.45) is 3.81. The molecule has 2 rings (SSSR count). The Labute approximate surface area is 70.1 Å². The van der Waals surface area contributed by atoms with Gasteiger partial charge in [-0.05, 0) is 30.5 Å². The highest BCUT2D eigenvalue weighted by Crippen LogP contribution is 2.44. The summed E-state index contributed by atoms with van der Waals surface area (Å²) < 4.78 is 0. The maximum absolute atomic E-state index is 10.4. The summed E-state index contributed by atoms with van der Waals surface area (Å²) in [5, 5.41) is 9.68. The van der Waals surface area contributed by atoms with Crippen molar-refractivity contribution < 1.29 is 9.90 Å². The molecule has 3 heteroatoms. The lowest BCUT2D eigenvalue weighted by atomic mass is 10.1. The Bertz CT molecular complexity index is 318. The summed E-state index contributed by atoms with van der Waals surface area (Å²) in [7, 11) is 0. The summed E-state index contributed by atoms with van der Waals surface area (Å²) in [5.74, 6) is 0. The molecule has 3 nitrogen and oxygen atoms in total. The van der Waals surface area contributed by atoms with E-state index in [9.17, 15) is 9.90 Å². The first kappa shape index (κ1) is 7.43. The van der Waals surface area contributed by atoms with Crippen molar-refractivity contribution >= 4 is 6.29 Å². The lowest BCUT2D eigenvalue weighted by Crippen LogP contribution is -2.05. The van der Waals surface area contributed by atoms with E-state index in [4.69, 9.17) is 0 Å². The highest BCUT2D eigenvalue weighted by atomic mass is 16.3. The van der Waals surface area contributed by atoms with E-state index in [0.29, 0.717) is 12.0 Å². The smallest absolute Gasteiger partial charge is 0.168 e. The van der Waals surface area contributed by atoms with Gasteiger partial charge in [0.1, 0.15) is 5.69 Å². The summed E-state index contributed by atoms with van der Waals surface area (Å²) in [5.41, 5.74) is 0.521. The molecule has 62 valence electrons. The van der Waals surface area contributed by atoms with Crippen LogP contribution in [0.2, 0.25) is 0 Å². The normalized spacial score (nSPS) is 18.8. The van der Waals surface area contributed by atoms with E-state index in [-0.39, 0.29) is 0 Å². The van der Waals surface area contributed by atoms with Gasteiger partial charge in [-0.25, -0.2) is 0 Å². The number of hydrogen-bond acceptors (Lipinski definition) is 3. The fourth-order valence-corrected chi connectivity index (χ4v) is 1.21. The second-order valence-electron chi connectivity index (χ2n) is 3.12. The predicted molar refractivity (Wildman–Crippen MR) is 42.8 cm³/mol. The maximum Gasteiger partial charge on any atom is 0.168 e. The van der Waals surface area contributed by atoms with Gasteiger partial charge in [0.25, 0.3) is 0 Å². The molecule has 0 unspecified atom stereocenters. The molecule has 1 aromatic heterocycles. The first-order valence-electron chi connectivity index (χ1n) is 3.89. The van der Waals surface area contributed by atoms with E-state index in [1.54, 1.807) is 18.3 Å². The van der Waals surface area contributed by atoms with Crippen LogP contribution in [0.15, 0.2) is 18.3 Å². The van der Waals surface area contributed by atoms with Crippen LogP contribution in [-0.2, 0) is 5.60 Å². The molecule has 1 fully saturated rings. The first-order chi connectivity index (χ1) is 5.74. The Hall–Kier alpha value is -1.22. The van der Waals surface area contributed by atoms with Crippen molar-refractivity contribution in [2.75, 3.05) is 0 Å². The van der Waals surface area contributed by atoms with Crippen molar-refractivity contribution in [1.82, 2.24) is 4.98 Å². The van der Waals surface area contributed by atoms with Crippen molar-refractivity contribution in [3.8, 4) is 0 Å².